The molecule has 6 heteroatoms. The first-order valence-electron chi connectivity index (χ1n) is 7.60. The van der Waals surface area contributed by atoms with Crippen LogP contribution in [0.2, 0.25) is 0 Å². The van der Waals surface area contributed by atoms with E-state index in [-0.39, 0.29) is 0 Å². The van der Waals surface area contributed by atoms with Crippen LogP contribution in [0.4, 0.5) is 11.9 Å². The average Bonchev–Trinajstić information content (AvgIpc) is 2.64. The van der Waals surface area contributed by atoms with Gasteiger partial charge in [-0.2, -0.15) is 15.0 Å². The van der Waals surface area contributed by atoms with E-state index >= 15 is 0 Å². The summed E-state index contributed by atoms with van der Waals surface area (Å²) in [5.74, 6) is 2.10. The third-order valence-electron chi connectivity index (χ3n) is 3.51. The van der Waals surface area contributed by atoms with Gasteiger partial charge < -0.3 is 15.0 Å². The number of rotatable bonds is 5. The van der Waals surface area contributed by atoms with Crippen molar-refractivity contribution in [2.45, 2.75) is 40.0 Å². The zero-order valence-corrected chi connectivity index (χ0v) is 12.7. The number of ether oxygens (including phenoxy) is 1. The molecule has 1 saturated heterocycles. The van der Waals surface area contributed by atoms with E-state index in [1.807, 2.05) is 13.8 Å². The van der Waals surface area contributed by atoms with E-state index in [1.54, 1.807) is 0 Å². The molecule has 1 aliphatic heterocycles. The largest absolute Gasteiger partial charge is 0.464 e. The SMILES string of the molecule is CCNc1nc(OCC)nc(N2CCCC(C)CC2)n1. The highest BCUT2D eigenvalue weighted by Gasteiger charge is 2.18. The molecule has 1 atom stereocenters. The Hall–Kier alpha value is -1.59. The van der Waals surface area contributed by atoms with Crippen LogP contribution in [-0.2, 0) is 0 Å². The van der Waals surface area contributed by atoms with E-state index in [2.05, 4.69) is 32.1 Å². The fourth-order valence-corrected chi connectivity index (χ4v) is 2.38. The van der Waals surface area contributed by atoms with E-state index in [4.69, 9.17) is 4.74 Å². The van der Waals surface area contributed by atoms with Crippen molar-refractivity contribution in [3.05, 3.63) is 0 Å². The fraction of sp³-hybridized carbons (Fsp3) is 0.786. The number of nitrogens with zero attached hydrogens (tertiary/aromatic N) is 4. The minimum absolute atomic E-state index is 0.408. The Balaban J connectivity index is 2.19. The Morgan fingerprint density at radius 1 is 1.20 bits per heavy atom. The van der Waals surface area contributed by atoms with Crippen molar-refractivity contribution in [1.29, 1.82) is 0 Å². The predicted octanol–water partition coefficient (Wildman–Crippen LogP) is 2.33. The van der Waals surface area contributed by atoms with Gasteiger partial charge in [0.2, 0.25) is 11.9 Å². The van der Waals surface area contributed by atoms with Gasteiger partial charge in [-0.1, -0.05) is 6.92 Å². The van der Waals surface area contributed by atoms with Crippen LogP contribution >= 0.6 is 0 Å². The Kier molecular flexibility index (Phi) is 5.38. The molecule has 0 spiro atoms. The first kappa shape index (κ1) is 14.8. The summed E-state index contributed by atoms with van der Waals surface area (Å²) in [4.78, 5) is 15.5. The molecule has 0 amide bonds. The number of nitrogens with one attached hydrogen (secondary N) is 1. The first-order chi connectivity index (χ1) is 9.72. The van der Waals surface area contributed by atoms with E-state index in [0.29, 0.717) is 18.6 Å². The Morgan fingerprint density at radius 2 is 2.05 bits per heavy atom. The molecule has 0 bridgehead atoms. The summed E-state index contributed by atoms with van der Waals surface area (Å²) in [5, 5.41) is 3.14. The molecular weight excluding hydrogens is 254 g/mol. The Bertz CT molecular complexity index is 402. The van der Waals surface area contributed by atoms with E-state index in [0.717, 1.165) is 31.5 Å². The summed E-state index contributed by atoms with van der Waals surface area (Å²) in [7, 11) is 0. The second kappa shape index (κ2) is 7.26. The van der Waals surface area contributed by atoms with Crippen molar-refractivity contribution in [2.24, 2.45) is 5.92 Å². The number of aromatic nitrogens is 3. The summed E-state index contributed by atoms with van der Waals surface area (Å²) < 4.78 is 5.45. The average molecular weight is 279 g/mol. The molecule has 2 rings (SSSR count). The summed E-state index contributed by atoms with van der Waals surface area (Å²) in [5.41, 5.74) is 0. The van der Waals surface area contributed by atoms with Crippen molar-refractivity contribution < 1.29 is 4.74 Å². The monoisotopic (exact) mass is 279 g/mol. The van der Waals surface area contributed by atoms with Crippen LogP contribution in [0, 0.1) is 5.92 Å². The molecule has 6 nitrogen and oxygen atoms in total. The lowest BCUT2D eigenvalue weighted by Gasteiger charge is -2.21. The predicted molar refractivity (Wildman–Crippen MR) is 80.4 cm³/mol. The van der Waals surface area contributed by atoms with Crippen LogP contribution in [0.1, 0.15) is 40.0 Å². The molecule has 20 heavy (non-hydrogen) atoms. The van der Waals surface area contributed by atoms with Gasteiger partial charge in [0.25, 0.3) is 0 Å². The van der Waals surface area contributed by atoms with Gasteiger partial charge in [0, 0.05) is 19.6 Å². The van der Waals surface area contributed by atoms with Gasteiger partial charge in [-0.3, -0.25) is 0 Å². The molecule has 1 aliphatic rings. The Labute approximate surface area is 121 Å². The molecule has 2 heterocycles. The zero-order chi connectivity index (χ0) is 14.4. The molecule has 0 saturated carbocycles. The van der Waals surface area contributed by atoms with E-state index < -0.39 is 0 Å². The first-order valence-corrected chi connectivity index (χ1v) is 7.60. The molecule has 1 N–H and O–H groups in total. The second-order valence-corrected chi connectivity index (χ2v) is 5.23. The van der Waals surface area contributed by atoms with Gasteiger partial charge in [0.1, 0.15) is 0 Å². The van der Waals surface area contributed by atoms with Crippen molar-refractivity contribution in [3.8, 4) is 6.01 Å². The molecule has 1 unspecified atom stereocenters. The van der Waals surface area contributed by atoms with Gasteiger partial charge >= 0.3 is 6.01 Å². The smallest absolute Gasteiger partial charge is 0.323 e. The zero-order valence-electron chi connectivity index (χ0n) is 12.7. The van der Waals surface area contributed by atoms with Crippen LogP contribution in [-0.4, -0.2) is 41.2 Å². The maximum absolute atomic E-state index is 5.45. The lowest BCUT2D eigenvalue weighted by atomic mass is 10.0. The van der Waals surface area contributed by atoms with Gasteiger partial charge in [0.05, 0.1) is 6.61 Å². The number of anilines is 2. The summed E-state index contributed by atoms with van der Waals surface area (Å²) in [6.07, 6.45) is 3.65. The fourth-order valence-electron chi connectivity index (χ4n) is 2.38. The maximum atomic E-state index is 5.45. The van der Waals surface area contributed by atoms with Gasteiger partial charge in [-0.15, -0.1) is 0 Å². The maximum Gasteiger partial charge on any atom is 0.323 e. The van der Waals surface area contributed by atoms with Crippen LogP contribution in [0.25, 0.3) is 0 Å². The minimum atomic E-state index is 0.408. The third kappa shape index (κ3) is 3.95. The molecular formula is C14H25N5O. The molecule has 0 aliphatic carbocycles. The normalized spacial score (nSPS) is 19.6. The topological polar surface area (TPSA) is 63.2 Å². The van der Waals surface area contributed by atoms with Crippen molar-refractivity contribution >= 4 is 11.9 Å². The summed E-state index contributed by atoms with van der Waals surface area (Å²) in [6, 6.07) is 0.408. The van der Waals surface area contributed by atoms with Gasteiger partial charge in [-0.25, -0.2) is 0 Å². The van der Waals surface area contributed by atoms with Crippen LogP contribution in [0.5, 0.6) is 6.01 Å². The van der Waals surface area contributed by atoms with Crippen LogP contribution in [0.15, 0.2) is 0 Å². The highest BCUT2D eigenvalue weighted by atomic mass is 16.5. The lowest BCUT2D eigenvalue weighted by Crippen LogP contribution is -2.27. The molecule has 112 valence electrons. The van der Waals surface area contributed by atoms with Gasteiger partial charge in [0.15, 0.2) is 0 Å². The minimum Gasteiger partial charge on any atom is -0.464 e. The number of hydrogen-bond acceptors (Lipinski definition) is 6. The van der Waals surface area contributed by atoms with Crippen molar-refractivity contribution in [2.75, 3.05) is 36.5 Å². The second-order valence-electron chi connectivity index (χ2n) is 5.23. The number of hydrogen-bond donors (Lipinski definition) is 1. The standard InChI is InChI=1S/C14H25N5O/c1-4-15-12-16-13(18-14(17-12)20-5-2)19-9-6-7-11(3)8-10-19/h11H,4-10H2,1-3H3,(H,15,16,17,18). The Morgan fingerprint density at radius 3 is 2.80 bits per heavy atom. The molecule has 0 aromatic carbocycles. The highest BCUT2D eigenvalue weighted by Crippen LogP contribution is 2.21. The summed E-state index contributed by atoms with van der Waals surface area (Å²) in [6.45, 7) is 9.62. The molecule has 1 fully saturated rings. The van der Waals surface area contributed by atoms with E-state index in [1.165, 1.54) is 19.3 Å². The third-order valence-corrected chi connectivity index (χ3v) is 3.51. The lowest BCUT2D eigenvalue weighted by molar-refractivity contribution is 0.312. The van der Waals surface area contributed by atoms with Crippen LogP contribution < -0.4 is 15.0 Å². The molecule has 0 radical (unpaired) electrons. The quantitative estimate of drug-likeness (QED) is 0.892. The molecule has 1 aromatic rings. The summed E-state index contributed by atoms with van der Waals surface area (Å²) >= 11 is 0. The van der Waals surface area contributed by atoms with Crippen molar-refractivity contribution in [3.63, 3.8) is 0 Å². The highest BCUT2D eigenvalue weighted by molar-refractivity contribution is 5.38. The molecule has 1 aromatic heterocycles. The van der Waals surface area contributed by atoms with E-state index in [9.17, 15) is 0 Å². The van der Waals surface area contributed by atoms with Gasteiger partial charge in [-0.05, 0) is 39.0 Å². The van der Waals surface area contributed by atoms with Crippen molar-refractivity contribution in [1.82, 2.24) is 15.0 Å². The van der Waals surface area contributed by atoms with Crippen LogP contribution in [0.3, 0.4) is 0 Å².